The predicted octanol–water partition coefficient (Wildman–Crippen LogP) is 0.0976. The number of aromatic amines is 1. The molecule has 8 unspecified atom stereocenters. The third kappa shape index (κ3) is 5.15. The summed E-state index contributed by atoms with van der Waals surface area (Å²) in [5.41, 5.74) is -1.60. The number of methoxy groups -OCH3 is 1. The van der Waals surface area contributed by atoms with Crippen molar-refractivity contribution in [2.45, 2.75) is 43.5 Å². The summed E-state index contributed by atoms with van der Waals surface area (Å²) in [5, 5.41) is 0. The third-order valence-corrected chi connectivity index (χ3v) is 6.87. The van der Waals surface area contributed by atoms with E-state index >= 15 is 0 Å². The zero-order valence-corrected chi connectivity index (χ0v) is 18.5. The molecular formula is C16H25N2O10P2+. The van der Waals surface area contributed by atoms with Crippen molar-refractivity contribution in [3.05, 3.63) is 32.6 Å². The van der Waals surface area contributed by atoms with Crippen molar-refractivity contribution in [3.63, 3.8) is 0 Å². The SMILES string of the molecule is COCCOC1C(OP(C)(=O)O)C(C2CC2[P+](=O)O)OC1n1cc(C)c(=O)[nH]c1=O. The van der Waals surface area contributed by atoms with Gasteiger partial charge in [-0.3, -0.25) is 23.4 Å². The van der Waals surface area contributed by atoms with Gasteiger partial charge in [0, 0.05) is 37.9 Å². The van der Waals surface area contributed by atoms with Gasteiger partial charge < -0.3 is 19.1 Å². The summed E-state index contributed by atoms with van der Waals surface area (Å²) in [5.74, 6) is -0.409. The highest BCUT2D eigenvalue weighted by Crippen LogP contribution is 2.56. The van der Waals surface area contributed by atoms with Crippen LogP contribution in [0.15, 0.2) is 15.8 Å². The van der Waals surface area contributed by atoms with Gasteiger partial charge in [-0.15, -0.1) is 0 Å². The highest BCUT2D eigenvalue weighted by molar-refractivity contribution is 7.51. The molecule has 1 aromatic rings. The van der Waals surface area contributed by atoms with E-state index in [-0.39, 0.29) is 18.8 Å². The van der Waals surface area contributed by atoms with E-state index in [1.54, 1.807) is 0 Å². The maximum absolute atomic E-state index is 12.4. The molecule has 1 aliphatic carbocycles. The minimum Gasteiger partial charge on any atom is -0.382 e. The number of nitrogens with zero attached hydrogens (tertiary/aromatic N) is 1. The number of aromatic nitrogens is 2. The summed E-state index contributed by atoms with van der Waals surface area (Å²) in [4.78, 5) is 45.6. The molecule has 0 aromatic carbocycles. The van der Waals surface area contributed by atoms with Crippen LogP contribution in [0.2, 0.25) is 0 Å². The quantitative estimate of drug-likeness (QED) is 0.335. The normalized spacial score (nSPS) is 33.3. The van der Waals surface area contributed by atoms with Crippen LogP contribution in [0, 0.1) is 12.8 Å². The second-order valence-corrected chi connectivity index (χ2v) is 10.5. The first-order valence-electron chi connectivity index (χ1n) is 9.25. The summed E-state index contributed by atoms with van der Waals surface area (Å²) < 4.78 is 46.8. The van der Waals surface area contributed by atoms with Gasteiger partial charge in [0.2, 0.25) is 0 Å². The van der Waals surface area contributed by atoms with Gasteiger partial charge in [0.25, 0.3) is 5.56 Å². The van der Waals surface area contributed by atoms with Gasteiger partial charge in [0.15, 0.2) is 11.9 Å². The van der Waals surface area contributed by atoms with Crippen molar-refractivity contribution < 1.29 is 37.7 Å². The lowest BCUT2D eigenvalue weighted by Crippen LogP contribution is -2.41. The van der Waals surface area contributed by atoms with Gasteiger partial charge in [0.05, 0.1) is 19.3 Å². The molecular weight excluding hydrogens is 442 g/mol. The summed E-state index contributed by atoms with van der Waals surface area (Å²) in [7, 11) is -4.99. The first kappa shape index (κ1) is 23.4. The van der Waals surface area contributed by atoms with E-state index < -0.39 is 63.0 Å². The van der Waals surface area contributed by atoms with Crippen LogP contribution < -0.4 is 11.2 Å². The number of ether oxygens (including phenoxy) is 3. The van der Waals surface area contributed by atoms with Crippen molar-refractivity contribution in [1.82, 2.24) is 9.55 Å². The number of nitrogens with one attached hydrogen (secondary N) is 1. The number of rotatable bonds is 9. The largest absolute Gasteiger partial charge is 0.509 e. The van der Waals surface area contributed by atoms with Crippen LogP contribution in [0.25, 0.3) is 0 Å². The van der Waals surface area contributed by atoms with Crippen molar-refractivity contribution >= 4 is 15.6 Å². The van der Waals surface area contributed by atoms with E-state index in [4.69, 9.17) is 18.7 Å². The van der Waals surface area contributed by atoms with Crippen molar-refractivity contribution in [1.29, 1.82) is 0 Å². The van der Waals surface area contributed by atoms with Gasteiger partial charge in [-0.1, -0.05) is 0 Å². The zero-order valence-electron chi connectivity index (χ0n) is 16.7. The third-order valence-electron chi connectivity index (χ3n) is 5.07. The van der Waals surface area contributed by atoms with Gasteiger partial charge in [-0.05, 0) is 11.5 Å². The fraction of sp³-hybridized carbons (Fsp3) is 0.750. The zero-order chi connectivity index (χ0) is 22.2. The van der Waals surface area contributed by atoms with Crippen LogP contribution in [-0.2, 0) is 27.9 Å². The Labute approximate surface area is 172 Å². The van der Waals surface area contributed by atoms with Crippen LogP contribution in [0.1, 0.15) is 18.2 Å². The van der Waals surface area contributed by atoms with E-state index in [0.29, 0.717) is 6.42 Å². The second kappa shape index (κ2) is 9.10. The Morgan fingerprint density at radius 3 is 2.63 bits per heavy atom. The molecule has 2 fully saturated rings. The predicted molar refractivity (Wildman–Crippen MR) is 104 cm³/mol. The molecule has 0 spiro atoms. The molecule has 0 radical (unpaired) electrons. The summed E-state index contributed by atoms with van der Waals surface area (Å²) >= 11 is 0. The first-order chi connectivity index (χ1) is 14.0. The number of H-pyrrole nitrogens is 1. The van der Waals surface area contributed by atoms with Crippen LogP contribution in [-0.4, -0.2) is 70.3 Å². The van der Waals surface area contributed by atoms with Gasteiger partial charge in [-0.2, -0.15) is 4.89 Å². The molecule has 2 heterocycles. The van der Waals surface area contributed by atoms with E-state index in [1.165, 1.54) is 20.2 Å². The lowest BCUT2D eigenvalue weighted by molar-refractivity contribution is -0.0794. The van der Waals surface area contributed by atoms with E-state index in [0.717, 1.165) is 11.2 Å². The Morgan fingerprint density at radius 2 is 2.07 bits per heavy atom. The van der Waals surface area contributed by atoms with Crippen LogP contribution in [0.3, 0.4) is 0 Å². The van der Waals surface area contributed by atoms with Crippen LogP contribution >= 0.6 is 15.6 Å². The average Bonchev–Trinajstić information content (AvgIpc) is 3.36. The molecule has 3 N–H and O–H groups in total. The Morgan fingerprint density at radius 1 is 1.37 bits per heavy atom. The summed E-state index contributed by atoms with van der Waals surface area (Å²) in [6.45, 7) is 2.80. The van der Waals surface area contributed by atoms with E-state index in [1.807, 2.05) is 0 Å². The molecule has 3 rings (SSSR count). The average molecular weight is 467 g/mol. The van der Waals surface area contributed by atoms with Crippen molar-refractivity contribution in [3.8, 4) is 0 Å². The first-order valence-corrected chi connectivity index (χ1v) is 12.6. The van der Waals surface area contributed by atoms with Crippen molar-refractivity contribution in [2.24, 2.45) is 5.92 Å². The minimum atomic E-state index is -4.00. The van der Waals surface area contributed by atoms with Crippen LogP contribution in [0.4, 0.5) is 0 Å². The molecule has 30 heavy (non-hydrogen) atoms. The van der Waals surface area contributed by atoms with Gasteiger partial charge in [0.1, 0.15) is 12.2 Å². The molecule has 1 aliphatic heterocycles. The van der Waals surface area contributed by atoms with Crippen LogP contribution in [0.5, 0.6) is 0 Å². The molecule has 1 saturated heterocycles. The topological polar surface area (TPSA) is 166 Å². The number of hydrogen-bond donors (Lipinski definition) is 3. The molecule has 1 saturated carbocycles. The van der Waals surface area contributed by atoms with E-state index in [2.05, 4.69) is 4.98 Å². The number of aryl methyl sites for hydroxylation is 1. The maximum atomic E-state index is 12.4. The molecule has 1 aromatic heterocycles. The molecule has 168 valence electrons. The standard InChI is InChI=1S/C16H24N2O10P2/c1-8-7-18(16(20)17-14(8)19)15-13(26-5-4-25-2)12(28-30(3,23)24)11(27-15)9-6-10(9)29(21)22/h7,9-13,15H,4-6H2,1-3H3,(H2-,17,19,20,21,22,23,24)/p+1. The molecule has 0 bridgehead atoms. The highest BCUT2D eigenvalue weighted by atomic mass is 31.2. The number of hydrogen-bond acceptors (Lipinski definition) is 8. The highest BCUT2D eigenvalue weighted by Gasteiger charge is 2.64. The molecule has 0 amide bonds. The molecule has 12 nitrogen and oxygen atoms in total. The summed E-state index contributed by atoms with van der Waals surface area (Å²) in [6, 6.07) is 0. The van der Waals surface area contributed by atoms with Gasteiger partial charge in [-0.25, -0.2) is 4.79 Å². The van der Waals surface area contributed by atoms with Gasteiger partial charge >= 0.3 is 21.3 Å². The smallest absolute Gasteiger partial charge is 0.382 e. The summed E-state index contributed by atoms with van der Waals surface area (Å²) in [6.07, 6.45) is -2.38. The fourth-order valence-electron chi connectivity index (χ4n) is 3.61. The Kier molecular flexibility index (Phi) is 7.11. The molecule has 8 atom stereocenters. The Balaban J connectivity index is 2.00. The minimum absolute atomic E-state index is 0.0759. The molecule has 14 heteroatoms. The van der Waals surface area contributed by atoms with E-state index in [9.17, 15) is 28.5 Å². The lowest BCUT2D eigenvalue weighted by Gasteiger charge is -2.26. The molecule has 2 aliphatic rings. The monoisotopic (exact) mass is 467 g/mol. The Bertz CT molecular complexity index is 956. The Hall–Kier alpha value is -1.23. The van der Waals surface area contributed by atoms with Crippen molar-refractivity contribution in [2.75, 3.05) is 27.0 Å². The second-order valence-electron chi connectivity index (χ2n) is 7.44. The lowest BCUT2D eigenvalue weighted by atomic mass is 10.1. The fourth-order valence-corrected chi connectivity index (χ4v) is 5.22. The maximum Gasteiger partial charge on any atom is 0.509 e.